The SMILES string of the molecule is CCOC(=O)N[C@H](C(=O)NCc1ccco1)C(C)C. The molecule has 106 valence electrons. The zero-order valence-electron chi connectivity index (χ0n) is 11.4. The number of hydrogen-bond donors (Lipinski definition) is 2. The van der Waals surface area contributed by atoms with Crippen LogP contribution in [0.5, 0.6) is 0 Å². The van der Waals surface area contributed by atoms with Gasteiger partial charge in [0.25, 0.3) is 0 Å². The fourth-order valence-electron chi connectivity index (χ4n) is 1.53. The number of carbonyl (C=O) groups is 2. The normalized spacial score (nSPS) is 12.0. The van der Waals surface area contributed by atoms with E-state index in [0.717, 1.165) is 0 Å². The standard InChI is InChI=1S/C13H20N2O4/c1-4-18-13(17)15-11(9(2)3)12(16)14-8-10-6-5-7-19-10/h5-7,9,11H,4,8H2,1-3H3,(H,14,16)(H,15,17)/t11-/m0/s1. The van der Waals surface area contributed by atoms with Crippen LogP contribution in [0.2, 0.25) is 0 Å². The molecule has 0 saturated heterocycles. The smallest absolute Gasteiger partial charge is 0.407 e. The van der Waals surface area contributed by atoms with Gasteiger partial charge in [-0.3, -0.25) is 4.79 Å². The maximum atomic E-state index is 12.0. The van der Waals surface area contributed by atoms with Crippen LogP contribution in [-0.4, -0.2) is 24.6 Å². The zero-order valence-corrected chi connectivity index (χ0v) is 11.4. The van der Waals surface area contributed by atoms with Gasteiger partial charge in [0.05, 0.1) is 19.4 Å². The van der Waals surface area contributed by atoms with Crippen molar-refractivity contribution in [1.29, 1.82) is 0 Å². The number of amides is 2. The number of ether oxygens (including phenoxy) is 1. The Balaban J connectivity index is 2.50. The van der Waals surface area contributed by atoms with E-state index in [1.165, 1.54) is 6.26 Å². The van der Waals surface area contributed by atoms with Crippen molar-refractivity contribution in [3.05, 3.63) is 24.2 Å². The topological polar surface area (TPSA) is 80.6 Å². The van der Waals surface area contributed by atoms with E-state index in [9.17, 15) is 9.59 Å². The van der Waals surface area contributed by atoms with E-state index in [-0.39, 0.29) is 18.4 Å². The first kappa shape index (κ1) is 15.1. The maximum absolute atomic E-state index is 12.0. The number of rotatable bonds is 6. The highest BCUT2D eigenvalue weighted by Crippen LogP contribution is 2.04. The van der Waals surface area contributed by atoms with Gasteiger partial charge in [-0.1, -0.05) is 13.8 Å². The molecular weight excluding hydrogens is 248 g/mol. The summed E-state index contributed by atoms with van der Waals surface area (Å²) in [6.45, 7) is 5.97. The first-order valence-corrected chi connectivity index (χ1v) is 6.28. The molecular formula is C13H20N2O4. The lowest BCUT2D eigenvalue weighted by atomic mass is 10.0. The van der Waals surface area contributed by atoms with Crippen molar-refractivity contribution in [2.75, 3.05) is 6.61 Å². The van der Waals surface area contributed by atoms with E-state index in [1.807, 2.05) is 13.8 Å². The molecule has 0 aliphatic carbocycles. The molecule has 0 bridgehead atoms. The summed E-state index contributed by atoms with van der Waals surface area (Å²) in [7, 11) is 0. The molecule has 1 aromatic rings. The molecule has 0 unspecified atom stereocenters. The van der Waals surface area contributed by atoms with Crippen molar-refractivity contribution in [2.45, 2.75) is 33.4 Å². The first-order valence-electron chi connectivity index (χ1n) is 6.28. The quantitative estimate of drug-likeness (QED) is 0.822. The Bertz CT molecular complexity index is 401. The summed E-state index contributed by atoms with van der Waals surface area (Å²) in [5.41, 5.74) is 0. The second-order valence-electron chi connectivity index (χ2n) is 4.38. The van der Waals surface area contributed by atoms with Crippen molar-refractivity contribution in [3.63, 3.8) is 0 Å². The van der Waals surface area contributed by atoms with Crippen LogP contribution in [0, 0.1) is 5.92 Å². The molecule has 0 aliphatic rings. The van der Waals surface area contributed by atoms with Crippen molar-refractivity contribution in [3.8, 4) is 0 Å². The third kappa shape index (κ3) is 5.03. The molecule has 0 aromatic carbocycles. The predicted octanol–water partition coefficient (Wildman–Crippen LogP) is 1.67. The minimum Gasteiger partial charge on any atom is -0.467 e. The van der Waals surface area contributed by atoms with Crippen molar-refractivity contribution in [2.24, 2.45) is 5.92 Å². The lowest BCUT2D eigenvalue weighted by molar-refractivity contribution is -0.124. The summed E-state index contributed by atoms with van der Waals surface area (Å²) >= 11 is 0. The van der Waals surface area contributed by atoms with Crippen LogP contribution in [0.4, 0.5) is 4.79 Å². The Morgan fingerprint density at radius 1 is 1.42 bits per heavy atom. The van der Waals surface area contributed by atoms with E-state index >= 15 is 0 Å². The molecule has 0 spiro atoms. The Morgan fingerprint density at radius 3 is 2.68 bits per heavy atom. The van der Waals surface area contributed by atoms with Crippen LogP contribution in [0.3, 0.4) is 0 Å². The summed E-state index contributed by atoms with van der Waals surface area (Å²) < 4.78 is 9.89. The lowest BCUT2D eigenvalue weighted by Crippen LogP contribution is -2.49. The predicted molar refractivity (Wildman–Crippen MR) is 69.3 cm³/mol. The van der Waals surface area contributed by atoms with Crippen molar-refractivity contribution >= 4 is 12.0 Å². The molecule has 1 atom stereocenters. The second kappa shape index (κ2) is 7.45. The van der Waals surface area contributed by atoms with Crippen LogP contribution < -0.4 is 10.6 Å². The summed E-state index contributed by atoms with van der Waals surface area (Å²) in [5.74, 6) is 0.354. The summed E-state index contributed by atoms with van der Waals surface area (Å²) in [6.07, 6.45) is 0.951. The third-order valence-corrected chi connectivity index (χ3v) is 2.51. The number of hydrogen-bond acceptors (Lipinski definition) is 4. The second-order valence-corrected chi connectivity index (χ2v) is 4.38. The monoisotopic (exact) mass is 268 g/mol. The van der Waals surface area contributed by atoms with Crippen LogP contribution in [0.25, 0.3) is 0 Å². The van der Waals surface area contributed by atoms with Crippen LogP contribution in [0.15, 0.2) is 22.8 Å². The number of nitrogens with one attached hydrogen (secondary N) is 2. The van der Waals surface area contributed by atoms with Gasteiger partial charge in [0.15, 0.2) is 0 Å². The van der Waals surface area contributed by atoms with Gasteiger partial charge in [0.1, 0.15) is 11.8 Å². The molecule has 0 radical (unpaired) electrons. The summed E-state index contributed by atoms with van der Waals surface area (Å²) in [6, 6.07) is 2.89. The van der Waals surface area contributed by atoms with Gasteiger partial charge in [-0.25, -0.2) is 4.79 Å². The molecule has 19 heavy (non-hydrogen) atoms. The maximum Gasteiger partial charge on any atom is 0.407 e. The van der Waals surface area contributed by atoms with E-state index in [1.54, 1.807) is 19.1 Å². The van der Waals surface area contributed by atoms with Gasteiger partial charge < -0.3 is 19.8 Å². The Labute approximate surface area is 112 Å². The van der Waals surface area contributed by atoms with E-state index in [0.29, 0.717) is 12.3 Å². The van der Waals surface area contributed by atoms with E-state index < -0.39 is 12.1 Å². The molecule has 6 nitrogen and oxygen atoms in total. The molecule has 0 fully saturated rings. The van der Waals surface area contributed by atoms with E-state index in [4.69, 9.17) is 9.15 Å². The van der Waals surface area contributed by atoms with Crippen molar-refractivity contribution < 1.29 is 18.7 Å². The molecule has 1 heterocycles. The highest BCUT2D eigenvalue weighted by molar-refractivity contribution is 5.85. The fraction of sp³-hybridized carbons (Fsp3) is 0.538. The number of carbonyl (C=O) groups excluding carboxylic acids is 2. The minimum atomic E-state index is -0.631. The van der Waals surface area contributed by atoms with Gasteiger partial charge in [0.2, 0.25) is 5.91 Å². The molecule has 0 saturated carbocycles. The lowest BCUT2D eigenvalue weighted by Gasteiger charge is -2.20. The number of alkyl carbamates (subject to hydrolysis) is 1. The Kier molecular flexibility index (Phi) is 5.92. The van der Waals surface area contributed by atoms with Gasteiger partial charge >= 0.3 is 6.09 Å². The van der Waals surface area contributed by atoms with Gasteiger partial charge in [-0.2, -0.15) is 0 Å². The Morgan fingerprint density at radius 2 is 2.16 bits per heavy atom. The first-order chi connectivity index (χ1) is 9.04. The van der Waals surface area contributed by atoms with Gasteiger partial charge in [-0.15, -0.1) is 0 Å². The molecule has 0 aliphatic heterocycles. The van der Waals surface area contributed by atoms with Crippen LogP contribution >= 0.6 is 0 Å². The number of furan rings is 1. The summed E-state index contributed by atoms with van der Waals surface area (Å²) in [5, 5.41) is 5.25. The molecule has 2 N–H and O–H groups in total. The molecule has 1 rings (SSSR count). The largest absolute Gasteiger partial charge is 0.467 e. The van der Waals surface area contributed by atoms with Crippen LogP contribution in [0.1, 0.15) is 26.5 Å². The molecule has 1 aromatic heterocycles. The Hall–Kier alpha value is -1.98. The fourth-order valence-corrected chi connectivity index (χ4v) is 1.53. The highest BCUT2D eigenvalue weighted by atomic mass is 16.5. The van der Waals surface area contributed by atoms with E-state index in [2.05, 4.69) is 10.6 Å². The third-order valence-electron chi connectivity index (χ3n) is 2.51. The average Bonchev–Trinajstić information content (AvgIpc) is 2.86. The van der Waals surface area contributed by atoms with Crippen LogP contribution in [-0.2, 0) is 16.1 Å². The zero-order chi connectivity index (χ0) is 14.3. The van der Waals surface area contributed by atoms with Gasteiger partial charge in [-0.05, 0) is 25.0 Å². The summed E-state index contributed by atoms with van der Waals surface area (Å²) in [4.78, 5) is 23.4. The molecule has 2 amide bonds. The minimum absolute atomic E-state index is 0.0407. The van der Waals surface area contributed by atoms with Gasteiger partial charge in [0, 0.05) is 0 Å². The van der Waals surface area contributed by atoms with Crippen molar-refractivity contribution in [1.82, 2.24) is 10.6 Å². The highest BCUT2D eigenvalue weighted by Gasteiger charge is 2.24. The average molecular weight is 268 g/mol. The molecule has 6 heteroatoms.